The SMILES string of the molecule is COC(=O)C1COCCN1CC(C)(C)N.Cl. The van der Waals surface area contributed by atoms with Gasteiger partial charge in [0, 0.05) is 18.6 Å². The molecule has 2 N–H and O–H groups in total. The van der Waals surface area contributed by atoms with Crippen LogP contribution in [0.4, 0.5) is 0 Å². The Morgan fingerprint density at radius 2 is 2.25 bits per heavy atom. The van der Waals surface area contributed by atoms with Crippen LogP contribution in [0.2, 0.25) is 0 Å². The molecule has 1 aliphatic heterocycles. The molecule has 0 saturated carbocycles. The molecule has 0 aromatic rings. The lowest BCUT2D eigenvalue weighted by Gasteiger charge is -2.37. The third kappa shape index (κ3) is 4.65. The molecule has 0 bridgehead atoms. The normalized spacial score (nSPS) is 22.4. The molecule has 1 unspecified atom stereocenters. The molecule has 0 amide bonds. The minimum atomic E-state index is -0.316. The van der Waals surface area contributed by atoms with Crippen molar-refractivity contribution >= 4 is 18.4 Å². The summed E-state index contributed by atoms with van der Waals surface area (Å²) in [5, 5.41) is 0. The first-order valence-electron chi connectivity index (χ1n) is 5.12. The third-order valence-electron chi connectivity index (χ3n) is 2.32. The van der Waals surface area contributed by atoms with Crippen LogP contribution in [0.15, 0.2) is 0 Å². The second kappa shape index (κ2) is 6.39. The maximum Gasteiger partial charge on any atom is 0.325 e. The Kier molecular flexibility index (Phi) is 6.25. The summed E-state index contributed by atoms with van der Waals surface area (Å²) in [5.41, 5.74) is 5.62. The number of hydrogen-bond acceptors (Lipinski definition) is 5. The highest BCUT2D eigenvalue weighted by molar-refractivity contribution is 5.85. The van der Waals surface area contributed by atoms with Gasteiger partial charge < -0.3 is 15.2 Å². The van der Waals surface area contributed by atoms with Gasteiger partial charge in [-0.25, -0.2) is 0 Å². The molecule has 96 valence electrons. The Morgan fingerprint density at radius 1 is 1.62 bits per heavy atom. The lowest BCUT2D eigenvalue weighted by molar-refractivity contribution is -0.153. The number of esters is 1. The van der Waals surface area contributed by atoms with Crippen LogP contribution in [-0.4, -0.2) is 55.9 Å². The first-order valence-corrected chi connectivity index (χ1v) is 5.12. The number of carbonyl (C=O) groups excluding carboxylic acids is 1. The van der Waals surface area contributed by atoms with Gasteiger partial charge in [-0.2, -0.15) is 0 Å². The average Bonchev–Trinajstić information content (AvgIpc) is 2.15. The lowest BCUT2D eigenvalue weighted by atomic mass is 10.0. The van der Waals surface area contributed by atoms with Crippen molar-refractivity contribution in [2.75, 3.05) is 33.4 Å². The highest BCUT2D eigenvalue weighted by Gasteiger charge is 2.32. The van der Waals surface area contributed by atoms with E-state index in [1.165, 1.54) is 7.11 Å². The molecule has 1 heterocycles. The Morgan fingerprint density at radius 3 is 2.75 bits per heavy atom. The van der Waals surface area contributed by atoms with E-state index in [-0.39, 0.29) is 30.0 Å². The van der Waals surface area contributed by atoms with Crippen LogP contribution in [0.1, 0.15) is 13.8 Å². The average molecular weight is 253 g/mol. The van der Waals surface area contributed by atoms with E-state index in [4.69, 9.17) is 15.2 Å². The maximum absolute atomic E-state index is 11.5. The van der Waals surface area contributed by atoms with Crippen LogP contribution in [0.3, 0.4) is 0 Å². The summed E-state index contributed by atoms with van der Waals surface area (Å²) in [6, 6.07) is -0.313. The van der Waals surface area contributed by atoms with E-state index in [0.29, 0.717) is 19.8 Å². The number of halogens is 1. The van der Waals surface area contributed by atoms with Crippen LogP contribution >= 0.6 is 12.4 Å². The van der Waals surface area contributed by atoms with E-state index in [1.807, 2.05) is 18.7 Å². The summed E-state index contributed by atoms with van der Waals surface area (Å²) in [4.78, 5) is 13.5. The van der Waals surface area contributed by atoms with Crippen LogP contribution < -0.4 is 5.73 Å². The van der Waals surface area contributed by atoms with E-state index >= 15 is 0 Å². The topological polar surface area (TPSA) is 64.8 Å². The molecule has 6 heteroatoms. The molecule has 1 fully saturated rings. The number of methoxy groups -OCH3 is 1. The van der Waals surface area contributed by atoms with Crippen molar-refractivity contribution in [2.45, 2.75) is 25.4 Å². The smallest absolute Gasteiger partial charge is 0.325 e. The molecule has 1 atom stereocenters. The minimum absolute atomic E-state index is 0. The van der Waals surface area contributed by atoms with Crippen LogP contribution in [-0.2, 0) is 14.3 Å². The standard InChI is InChI=1S/C10H20N2O3.ClH/c1-10(2,11)7-12-4-5-15-6-8(12)9(13)14-3;/h8H,4-7,11H2,1-3H3;1H. The highest BCUT2D eigenvalue weighted by atomic mass is 35.5. The number of hydrogen-bond donors (Lipinski definition) is 1. The molecule has 0 spiro atoms. The summed E-state index contributed by atoms with van der Waals surface area (Å²) in [6.45, 7) is 6.30. The largest absolute Gasteiger partial charge is 0.468 e. The zero-order chi connectivity index (χ0) is 11.5. The number of morpholine rings is 1. The quantitative estimate of drug-likeness (QED) is 0.718. The van der Waals surface area contributed by atoms with Crippen molar-refractivity contribution in [3.63, 3.8) is 0 Å². The molecule has 1 rings (SSSR count). The first-order chi connectivity index (χ1) is 6.94. The van der Waals surface area contributed by atoms with Gasteiger partial charge in [-0.15, -0.1) is 12.4 Å². The summed E-state index contributed by atoms with van der Waals surface area (Å²) >= 11 is 0. The molecule has 0 aromatic carbocycles. The van der Waals surface area contributed by atoms with Crippen molar-refractivity contribution in [1.29, 1.82) is 0 Å². The minimum Gasteiger partial charge on any atom is -0.468 e. The van der Waals surface area contributed by atoms with E-state index in [9.17, 15) is 4.79 Å². The number of carbonyl (C=O) groups is 1. The number of nitrogens with two attached hydrogens (primary N) is 1. The van der Waals surface area contributed by atoms with Gasteiger partial charge in [-0.05, 0) is 13.8 Å². The predicted molar refractivity (Wildman–Crippen MR) is 63.7 cm³/mol. The van der Waals surface area contributed by atoms with Gasteiger partial charge in [0.15, 0.2) is 0 Å². The zero-order valence-corrected chi connectivity index (χ0v) is 10.9. The molecule has 16 heavy (non-hydrogen) atoms. The lowest BCUT2D eigenvalue weighted by Crippen LogP contribution is -2.56. The Labute approximate surface area is 103 Å². The van der Waals surface area contributed by atoms with Gasteiger partial charge in [0.05, 0.1) is 20.3 Å². The summed E-state index contributed by atoms with van der Waals surface area (Å²) in [7, 11) is 1.39. The number of nitrogens with zero attached hydrogens (tertiary/aromatic N) is 1. The molecular weight excluding hydrogens is 232 g/mol. The van der Waals surface area contributed by atoms with Gasteiger partial charge in [0.25, 0.3) is 0 Å². The monoisotopic (exact) mass is 252 g/mol. The van der Waals surface area contributed by atoms with Crippen molar-refractivity contribution in [2.24, 2.45) is 5.73 Å². The van der Waals surface area contributed by atoms with Gasteiger partial charge >= 0.3 is 5.97 Å². The fraction of sp³-hybridized carbons (Fsp3) is 0.900. The Balaban J connectivity index is 0.00000225. The first kappa shape index (κ1) is 15.6. The fourth-order valence-electron chi connectivity index (χ4n) is 1.70. The number of ether oxygens (including phenoxy) is 2. The van der Waals surface area contributed by atoms with Crippen LogP contribution in [0.25, 0.3) is 0 Å². The molecule has 1 aliphatic rings. The van der Waals surface area contributed by atoms with Crippen molar-refractivity contribution < 1.29 is 14.3 Å². The van der Waals surface area contributed by atoms with Gasteiger partial charge in [-0.3, -0.25) is 9.69 Å². The molecule has 0 radical (unpaired) electrons. The van der Waals surface area contributed by atoms with Crippen molar-refractivity contribution in [3.8, 4) is 0 Å². The van der Waals surface area contributed by atoms with E-state index < -0.39 is 0 Å². The zero-order valence-electron chi connectivity index (χ0n) is 10.1. The van der Waals surface area contributed by atoms with Gasteiger partial charge in [-0.1, -0.05) is 0 Å². The van der Waals surface area contributed by atoms with Crippen LogP contribution in [0.5, 0.6) is 0 Å². The second-order valence-electron chi connectivity index (χ2n) is 4.57. The molecular formula is C10H21ClN2O3. The maximum atomic E-state index is 11.5. The van der Waals surface area contributed by atoms with Gasteiger partial charge in [0.1, 0.15) is 6.04 Å². The van der Waals surface area contributed by atoms with E-state index in [0.717, 1.165) is 6.54 Å². The predicted octanol–water partition coefficient (Wildman–Crippen LogP) is 0.0193. The number of rotatable bonds is 3. The van der Waals surface area contributed by atoms with E-state index in [1.54, 1.807) is 0 Å². The van der Waals surface area contributed by atoms with Gasteiger partial charge in [0.2, 0.25) is 0 Å². The molecule has 5 nitrogen and oxygen atoms in total. The summed E-state index contributed by atoms with van der Waals surface area (Å²) in [5.74, 6) is -0.251. The molecule has 0 aliphatic carbocycles. The summed E-state index contributed by atoms with van der Waals surface area (Å²) in [6.07, 6.45) is 0. The second-order valence-corrected chi connectivity index (χ2v) is 4.57. The van der Waals surface area contributed by atoms with Crippen molar-refractivity contribution in [3.05, 3.63) is 0 Å². The fourth-order valence-corrected chi connectivity index (χ4v) is 1.70. The Hall–Kier alpha value is -0.360. The highest BCUT2D eigenvalue weighted by Crippen LogP contribution is 2.12. The van der Waals surface area contributed by atoms with Crippen molar-refractivity contribution in [1.82, 2.24) is 4.90 Å². The molecule has 0 aromatic heterocycles. The third-order valence-corrected chi connectivity index (χ3v) is 2.32. The molecule has 1 saturated heterocycles. The summed E-state index contributed by atoms with van der Waals surface area (Å²) < 4.78 is 10.00. The van der Waals surface area contributed by atoms with E-state index in [2.05, 4.69) is 0 Å². The Bertz CT molecular complexity index is 231. The van der Waals surface area contributed by atoms with Crippen LogP contribution in [0, 0.1) is 0 Å².